The Morgan fingerprint density at radius 2 is 1.96 bits per heavy atom. The lowest BCUT2D eigenvalue weighted by atomic mass is 10.00. The molecule has 7 heteroatoms. The second kappa shape index (κ2) is 5.98. The number of hydrogen-bond acceptors (Lipinski definition) is 3. The second-order valence-electron chi connectivity index (χ2n) is 5.69. The van der Waals surface area contributed by atoms with Gasteiger partial charge in [-0.05, 0) is 24.1 Å². The Balaban J connectivity index is 1.86. The fourth-order valence-electron chi connectivity index (χ4n) is 2.83. The number of aromatic nitrogens is 2. The third-order valence-corrected chi connectivity index (χ3v) is 4.03. The average Bonchev–Trinajstić information content (AvgIpc) is 2.90. The van der Waals surface area contributed by atoms with Crippen molar-refractivity contribution in [2.75, 3.05) is 13.2 Å². The Morgan fingerprint density at radius 1 is 1.26 bits per heavy atom. The van der Waals surface area contributed by atoms with Crippen LogP contribution in [-0.4, -0.2) is 29.0 Å². The lowest BCUT2D eigenvalue weighted by Crippen LogP contribution is -2.41. The van der Waals surface area contributed by atoms with E-state index >= 15 is 0 Å². The van der Waals surface area contributed by atoms with Gasteiger partial charge in [-0.1, -0.05) is 24.3 Å². The number of ether oxygens (including phenoxy) is 1. The molecule has 124 valence electrons. The number of alkyl halides is 3. The fourth-order valence-corrected chi connectivity index (χ4v) is 2.83. The van der Waals surface area contributed by atoms with Crippen LogP contribution in [0.4, 0.5) is 13.2 Å². The standard InChI is InChI=1S/C16H18F3N3O/c1-10-15(23-8-7-20-10)12-5-3-11(4-6-12)13-9-14(16(17,18)19)21-22(13)2/h3-6,9-10,15,20H,7-8H2,1-2H3/t10-,15+/m0/s1. The summed E-state index contributed by atoms with van der Waals surface area (Å²) in [6.07, 6.45) is -4.48. The normalized spacial score (nSPS) is 22.3. The maximum atomic E-state index is 12.7. The lowest BCUT2D eigenvalue weighted by Gasteiger charge is -2.30. The molecular formula is C16H18F3N3O. The molecule has 0 radical (unpaired) electrons. The summed E-state index contributed by atoms with van der Waals surface area (Å²) < 4.78 is 45.3. The molecule has 23 heavy (non-hydrogen) atoms. The largest absolute Gasteiger partial charge is 0.435 e. The Kier molecular flexibility index (Phi) is 4.16. The number of hydrogen-bond donors (Lipinski definition) is 1. The van der Waals surface area contributed by atoms with E-state index in [0.29, 0.717) is 17.9 Å². The average molecular weight is 325 g/mol. The van der Waals surface area contributed by atoms with Crippen molar-refractivity contribution < 1.29 is 17.9 Å². The highest BCUT2D eigenvalue weighted by molar-refractivity contribution is 5.60. The molecule has 1 aromatic carbocycles. The number of halogens is 3. The summed E-state index contributed by atoms with van der Waals surface area (Å²) in [4.78, 5) is 0. The molecule has 2 aromatic rings. The van der Waals surface area contributed by atoms with Gasteiger partial charge in [0.2, 0.25) is 0 Å². The molecule has 1 saturated heterocycles. The fraction of sp³-hybridized carbons (Fsp3) is 0.438. The Labute approximate surface area is 132 Å². The summed E-state index contributed by atoms with van der Waals surface area (Å²) in [5.41, 5.74) is 1.24. The van der Waals surface area contributed by atoms with E-state index in [9.17, 15) is 13.2 Å². The Bertz CT molecular complexity index is 679. The Hall–Kier alpha value is -1.86. The molecule has 0 amide bonds. The summed E-state index contributed by atoms with van der Waals surface area (Å²) in [5.74, 6) is 0. The van der Waals surface area contributed by atoms with E-state index in [1.807, 2.05) is 12.1 Å². The molecule has 0 saturated carbocycles. The highest BCUT2D eigenvalue weighted by Gasteiger charge is 2.34. The predicted octanol–water partition coefficient (Wildman–Crippen LogP) is 3.16. The van der Waals surface area contributed by atoms with E-state index in [4.69, 9.17) is 4.74 Å². The van der Waals surface area contributed by atoms with Crippen molar-refractivity contribution in [3.63, 3.8) is 0 Å². The smallest absolute Gasteiger partial charge is 0.371 e. The molecule has 0 bridgehead atoms. The summed E-state index contributed by atoms with van der Waals surface area (Å²) in [7, 11) is 1.51. The van der Waals surface area contributed by atoms with Crippen molar-refractivity contribution in [2.45, 2.75) is 25.2 Å². The second-order valence-corrected chi connectivity index (χ2v) is 5.69. The summed E-state index contributed by atoms with van der Waals surface area (Å²) in [6, 6.07) is 8.65. The third kappa shape index (κ3) is 3.25. The number of nitrogens with one attached hydrogen (secondary N) is 1. The van der Waals surface area contributed by atoms with Crippen LogP contribution in [0.15, 0.2) is 30.3 Å². The first-order valence-corrected chi connectivity index (χ1v) is 7.43. The van der Waals surface area contributed by atoms with E-state index < -0.39 is 11.9 Å². The summed E-state index contributed by atoms with van der Waals surface area (Å²) >= 11 is 0. The number of rotatable bonds is 2. The molecule has 2 heterocycles. The molecule has 1 N–H and O–H groups in total. The van der Waals surface area contributed by atoms with Crippen molar-refractivity contribution in [1.82, 2.24) is 15.1 Å². The highest BCUT2D eigenvalue weighted by atomic mass is 19.4. The van der Waals surface area contributed by atoms with Crippen molar-refractivity contribution >= 4 is 0 Å². The summed E-state index contributed by atoms with van der Waals surface area (Å²) in [5, 5.41) is 6.88. The van der Waals surface area contributed by atoms with Crippen LogP contribution in [0.1, 0.15) is 24.3 Å². The first-order chi connectivity index (χ1) is 10.9. The molecule has 0 unspecified atom stereocenters. The van der Waals surface area contributed by atoms with E-state index in [1.54, 1.807) is 12.1 Å². The minimum absolute atomic E-state index is 0.0462. The molecule has 0 spiro atoms. The molecule has 4 nitrogen and oxygen atoms in total. The molecule has 3 rings (SSSR count). The lowest BCUT2D eigenvalue weighted by molar-refractivity contribution is -0.141. The first-order valence-electron chi connectivity index (χ1n) is 7.43. The van der Waals surface area contributed by atoms with Gasteiger partial charge in [-0.3, -0.25) is 4.68 Å². The number of nitrogens with zero attached hydrogens (tertiary/aromatic N) is 2. The van der Waals surface area contributed by atoms with Crippen LogP contribution in [0, 0.1) is 0 Å². The van der Waals surface area contributed by atoms with Gasteiger partial charge in [-0.2, -0.15) is 18.3 Å². The molecule has 1 aliphatic heterocycles. The maximum Gasteiger partial charge on any atom is 0.435 e. The van der Waals surface area contributed by atoms with Gasteiger partial charge in [0.15, 0.2) is 5.69 Å². The third-order valence-electron chi connectivity index (χ3n) is 4.03. The Morgan fingerprint density at radius 3 is 2.52 bits per heavy atom. The van der Waals surface area contributed by atoms with E-state index in [0.717, 1.165) is 18.2 Å². The van der Waals surface area contributed by atoms with Crippen LogP contribution in [0.25, 0.3) is 11.3 Å². The first kappa shape index (κ1) is 16.0. The van der Waals surface area contributed by atoms with Gasteiger partial charge >= 0.3 is 6.18 Å². The van der Waals surface area contributed by atoms with Crippen LogP contribution < -0.4 is 5.32 Å². The van der Waals surface area contributed by atoms with Crippen LogP contribution in [-0.2, 0) is 18.0 Å². The predicted molar refractivity (Wildman–Crippen MR) is 79.8 cm³/mol. The van der Waals surface area contributed by atoms with Crippen molar-refractivity contribution in [3.8, 4) is 11.3 Å². The van der Waals surface area contributed by atoms with Gasteiger partial charge < -0.3 is 10.1 Å². The van der Waals surface area contributed by atoms with Crippen molar-refractivity contribution in [1.29, 1.82) is 0 Å². The van der Waals surface area contributed by atoms with Gasteiger partial charge in [-0.25, -0.2) is 0 Å². The van der Waals surface area contributed by atoms with E-state index in [1.165, 1.54) is 11.7 Å². The van der Waals surface area contributed by atoms with Crippen molar-refractivity contribution in [3.05, 3.63) is 41.6 Å². The molecule has 0 aliphatic carbocycles. The minimum atomic E-state index is -4.44. The van der Waals surface area contributed by atoms with Gasteiger partial charge in [0.1, 0.15) is 0 Å². The van der Waals surface area contributed by atoms with Crippen molar-refractivity contribution in [2.24, 2.45) is 7.05 Å². The zero-order chi connectivity index (χ0) is 16.6. The monoisotopic (exact) mass is 325 g/mol. The SMILES string of the molecule is C[C@@H]1NCCO[C@H]1c1ccc(-c2cc(C(F)(F)F)nn2C)cc1. The topological polar surface area (TPSA) is 39.1 Å². The van der Waals surface area contributed by atoms with Crippen LogP contribution >= 0.6 is 0 Å². The molecule has 1 aliphatic rings. The van der Waals surface area contributed by atoms with E-state index in [-0.39, 0.29) is 12.1 Å². The molecular weight excluding hydrogens is 307 g/mol. The van der Waals surface area contributed by atoms with Crippen LogP contribution in [0.5, 0.6) is 0 Å². The zero-order valence-electron chi connectivity index (χ0n) is 12.9. The van der Waals surface area contributed by atoms with E-state index in [2.05, 4.69) is 17.3 Å². The minimum Gasteiger partial charge on any atom is -0.371 e. The summed E-state index contributed by atoms with van der Waals surface area (Å²) in [6.45, 7) is 3.52. The highest BCUT2D eigenvalue weighted by Crippen LogP contribution is 2.32. The van der Waals surface area contributed by atoms with Gasteiger partial charge in [-0.15, -0.1) is 0 Å². The van der Waals surface area contributed by atoms with Crippen LogP contribution in [0.2, 0.25) is 0 Å². The molecule has 1 aromatic heterocycles. The molecule has 1 fully saturated rings. The number of aryl methyl sites for hydroxylation is 1. The van der Waals surface area contributed by atoms with Gasteiger partial charge in [0, 0.05) is 19.6 Å². The van der Waals surface area contributed by atoms with Gasteiger partial charge in [0.05, 0.1) is 18.4 Å². The zero-order valence-corrected chi connectivity index (χ0v) is 12.9. The quantitative estimate of drug-likeness (QED) is 0.922. The number of benzene rings is 1. The number of morpholine rings is 1. The molecule has 2 atom stereocenters. The van der Waals surface area contributed by atoms with Crippen LogP contribution in [0.3, 0.4) is 0 Å². The maximum absolute atomic E-state index is 12.7. The van der Waals surface area contributed by atoms with Gasteiger partial charge in [0.25, 0.3) is 0 Å².